The monoisotopic (exact) mass is 565 g/mol. The molecule has 200 valence electrons. The summed E-state index contributed by atoms with van der Waals surface area (Å²) in [5.74, 6) is -3.51. The van der Waals surface area contributed by atoms with Gasteiger partial charge in [0.05, 0.1) is 15.7 Å². The smallest absolute Gasteiger partial charge is 0.245 e. The first-order chi connectivity index (χ1) is 16.9. The Morgan fingerprint density at radius 3 is 2.42 bits per heavy atom. The number of nitrogens with zero attached hydrogens (tertiary/aromatic N) is 1. The molecule has 36 heavy (non-hydrogen) atoms. The average Bonchev–Trinajstić information content (AvgIpc) is 2.95. The molecule has 2 aromatic rings. The molecule has 0 saturated heterocycles. The van der Waals surface area contributed by atoms with Gasteiger partial charge in [-0.05, 0) is 69.3 Å². The van der Waals surface area contributed by atoms with Gasteiger partial charge >= 0.3 is 0 Å². The van der Waals surface area contributed by atoms with Crippen LogP contribution in [0.1, 0.15) is 40.0 Å². The number of alkyl halides is 3. The van der Waals surface area contributed by atoms with Gasteiger partial charge in [-0.15, -0.1) is 11.8 Å². The minimum atomic E-state index is -2.90. The van der Waals surface area contributed by atoms with E-state index in [2.05, 4.69) is 0 Å². The molecule has 2 unspecified atom stereocenters. The van der Waals surface area contributed by atoms with Crippen molar-refractivity contribution in [3.63, 3.8) is 0 Å². The number of benzene rings is 2. The molecule has 2 N–H and O–H groups in total. The molecule has 0 bridgehead atoms. The SMILES string of the molecule is CC[C@@](C)(COc1cc2c(cc1SC)N(c1ccc(F)cc1)CC(CCC(C)(F)F)C(F)S2)P(O)O. The Kier molecular flexibility index (Phi) is 9.88. The van der Waals surface area contributed by atoms with Crippen molar-refractivity contribution in [3.8, 4) is 5.75 Å². The zero-order chi connectivity index (χ0) is 26.7. The predicted molar refractivity (Wildman–Crippen MR) is 141 cm³/mol. The first-order valence-electron chi connectivity index (χ1n) is 11.6. The average molecular weight is 566 g/mol. The first-order valence-corrected chi connectivity index (χ1v) is 15.0. The molecule has 0 saturated carbocycles. The number of thioether (sulfide) groups is 2. The highest BCUT2D eigenvalue weighted by molar-refractivity contribution is 8.00. The second kappa shape index (κ2) is 12.1. The largest absolute Gasteiger partial charge is 0.491 e. The van der Waals surface area contributed by atoms with E-state index >= 15 is 4.39 Å². The molecule has 0 aliphatic carbocycles. The van der Waals surface area contributed by atoms with Crippen LogP contribution in [-0.4, -0.2) is 45.8 Å². The van der Waals surface area contributed by atoms with Crippen molar-refractivity contribution in [2.75, 3.05) is 24.3 Å². The lowest BCUT2D eigenvalue weighted by molar-refractivity contribution is 0.00550. The van der Waals surface area contributed by atoms with Crippen molar-refractivity contribution in [2.24, 2.45) is 5.92 Å². The maximum Gasteiger partial charge on any atom is 0.245 e. The number of halogens is 4. The Morgan fingerprint density at radius 1 is 1.19 bits per heavy atom. The molecule has 0 fully saturated rings. The van der Waals surface area contributed by atoms with Crippen molar-refractivity contribution in [1.29, 1.82) is 0 Å². The van der Waals surface area contributed by atoms with Crippen LogP contribution in [0.3, 0.4) is 0 Å². The molecule has 2 aromatic carbocycles. The van der Waals surface area contributed by atoms with Gasteiger partial charge in [0.15, 0.2) is 13.9 Å². The Balaban J connectivity index is 2.02. The topological polar surface area (TPSA) is 52.9 Å². The van der Waals surface area contributed by atoms with Crippen LogP contribution in [0.4, 0.5) is 28.9 Å². The standard InChI is InChI=1S/C25H32F4NO3PS2/c1-5-24(2,34(31)32)15-33-20-13-21-19(12-22(20)35-4)30(18-8-6-17(26)7-9-18)14-16(23(27)36-21)10-11-25(3,28)29/h6-9,12-13,16,23,31-32H,5,10-11,14-15H2,1-4H3/t16?,23?,24-/m0/s1. The van der Waals surface area contributed by atoms with E-state index in [1.807, 2.05) is 24.1 Å². The van der Waals surface area contributed by atoms with Gasteiger partial charge in [-0.3, -0.25) is 0 Å². The highest BCUT2D eigenvalue weighted by Crippen LogP contribution is 2.49. The van der Waals surface area contributed by atoms with E-state index < -0.39 is 43.1 Å². The normalized spacial score (nSPS) is 20.1. The lowest BCUT2D eigenvalue weighted by Crippen LogP contribution is -2.30. The molecule has 3 rings (SSSR count). The molecule has 0 amide bonds. The van der Waals surface area contributed by atoms with E-state index in [1.165, 1.54) is 23.9 Å². The highest BCUT2D eigenvalue weighted by atomic mass is 32.2. The van der Waals surface area contributed by atoms with Crippen molar-refractivity contribution in [1.82, 2.24) is 0 Å². The van der Waals surface area contributed by atoms with Crippen molar-refractivity contribution < 1.29 is 32.1 Å². The van der Waals surface area contributed by atoms with E-state index in [9.17, 15) is 23.0 Å². The fourth-order valence-electron chi connectivity index (χ4n) is 3.80. The minimum Gasteiger partial charge on any atom is -0.491 e. The molecule has 0 spiro atoms. The van der Waals surface area contributed by atoms with Crippen LogP contribution in [0.2, 0.25) is 0 Å². The van der Waals surface area contributed by atoms with Crippen molar-refractivity contribution in [3.05, 3.63) is 42.2 Å². The summed E-state index contributed by atoms with van der Waals surface area (Å²) in [7, 11) is -2.23. The van der Waals surface area contributed by atoms with E-state index in [-0.39, 0.29) is 19.6 Å². The zero-order valence-corrected chi connectivity index (χ0v) is 23.2. The Morgan fingerprint density at radius 2 is 1.86 bits per heavy atom. The first kappa shape index (κ1) is 29.4. The molecular formula is C25H32F4NO3PS2. The molecular weight excluding hydrogens is 533 g/mol. The molecule has 1 aliphatic heterocycles. The van der Waals surface area contributed by atoms with Gasteiger partial charge in [0, 0.05) is 29.5 Å². The van der Waals surface area contributed by atoms with E-state index in [4.69, 9.17) is 4.74 Å². The predicted octanol–water partition coefficient (Wildman–Crippen LogP) is 7.98. The third kappa shape index (κ3) is 7.22. The molecule has 4 nitrogen and oxygen atoms in total. The van der Waals surface area contributed by atoms with Crippen molar-refractivity contribution in [2.45, 2.75) is 66.4 Å². The van der Waals surface area contributed by atoms with Gasteiger partial charge < -0.3 is 19.4 Å². The van der Waals surface area contributed by atoms with Gasteiger partial charge in [0.2, 0.25) is 5.92 Å². The van der Waals surface area contributed by atoms with Crippen LogP contribution in [0.5, 0.6) is 5.75 Å². The molecule has 11 heteroatoms. The summed E-state index contributed by atoms with van der Waals surface area (Å²) in [5.41, 5.74) is -0.124. The number of anilines is 2. The van der Waals surface area contributed by atoms with Crippen LogP contribution >= 0.6 is 31.9 Å². The highest BCUT2D eigenvalue weighted by Gasteiger charge is 2.36. The third-order valence-corrected chi connectivity index (χ3v) is 9.80. The van der Waals surface area contributed by atoms with Crippen LogP contribution in [-0.2, 0) is 0 Å². The van der Waals surface area contributed by atoms with Crippen LogP contribution in [0, 0.1) is 11.7 Å². The van der Waals surface area contributed by atoms with Crippen LogP contribution < -0.4 is 9.64 Å². The minimum absolute atomic E-state index is 0.00645. The summed E-state index contributed by atoms with van der Waals surface area (Å²) in [6.07, 6.45) is 1.93. The number of hydrogen-bond donors (Lipinski definition) is 2. The number of hydrogen-bond acceptors (Lipinski definition) is 6. The molecule has 0 aromatic heterocycles. The number of ether oxygens (including phenoxy) is 1. The van der Waals surface area contributed by atoms with E-state index in [0.717, 1.165) is 23.6 Å². The van der Waals surface area contributed by atoms with Gasteiger partial charge in [-0.1, -0.05) is 18.7 Å². The summed E-state index contributed by atoms with van der Waals surface area (Å²) >= 11 is 2.38. The maximum absolute atomic E-state index is 15.5. The fraction of sp³-hybridized carbons (Fsp3) is 0.520. The maximum atomic E-state index is 15.5. The van der Waals surface area contributed by atoms with Crippen LogP contribution in [0.25, 0.3) is 0 Å². The summed E-state index contributed by atoms with van der Waals surface area (Å²) in [4.78, 5) is 22.9. The molecule has 0 radical (unpaired) electrons. The molecule has 1 aliphatic rings. The molecule has 3 atom stereocenters. The Labute approximate surface area is 219 Å². The summed E-state index contributed by atoms with van der Waals surface area (Å²) in [6, 6.07) is 9.40. The summed E-state index contributed by atoms with van der Waals surface area (Å²) < 4.78 is 62.4. The zero-order valence-electron chi connectivity index (χ0n) is 20.7. The van der Waals surface area contributed by atoms with Gasteiger partial charge in [-0.2, -0.15) is 0 Å². The Hall–Kier alpha value is -1.19. The second-order valence-corrected chi connectivity index (χ2v) is 13.0. The lowest BCUT2D eigenvalue weighted by Gasteiger charge is -2.30. The van der Waals surface area contributed by atoms with Gasteiger partial charge in [-0.25, -0.2) is 17.6 Å². The van der Waals surface area contributed by atoms with Gasteiger partial charge in [0.1, 0.15) is 18.2 Å². The second-order valence-electron chi connectivity index (χ2n) is 9.32. The summed E-state index contributed by atoms with van der Waals surface area (Å²) in [6.45, 7) is 4.64. The fourth-order valence-corrected chi connectivity index (χ4v) is 5.94. The number of rotatable bonds is 10. The van der Waals surface area contributed by atoms with Crippen molar-refractivity contribution >= 4 is 43.3 Å². The molecule has 1 heterocycles. The van der Waals surface area contributed by atoms with Crippen LogP contribution in [0.15, 0.2) is 46.2 Å². The Bertz CT molecular complexity index is 1030. The summed E-state index contributed by atoms with van der Waals surface area (Å²) in [5, 5.41) is -0.829. The third-order valence-electron chi connectivity index (χ3n) is 6.44. The van der Waals surface area contributed by atoms with Gasteiger partial charge in [0.25, 0.3) is 0 Å². The van der Waals surface area contributed by atoms with E-state index in [1.54, 1.807) is 25.1 Å². The number of fused-ring (bicyclic) bond motifs is 1. The quantitative estimate of drug-likeness (QED) is 0.173. The van der Waals surface area contributed by atoms with E-state index in [0.29, 0.717) is 28.4 Å². The lowest BCUT2D eigenvalue weighted by atomic mass is 10.0.